The van der Waals surface area contributed by atoms with E-state index in [0.29, 0.717) is 24.3 Å². The molecule has 0 radical (unpaired) electrons. The summed E-state index contributed by atoms with van der Waals surface area (Å²) in [5.74, 6) is -0.347. The molecule has 0 aliphatic carbocycles. The predicted molar refractivity (Wildman–Crippen MR) is 124 cm³/mol. The number of nitrogens with one attached hydrogen (secondary N) is 2. The highest BCUT2D eigenvalue weighted by molar-refractivity contribution is 7.90. The topological polar surface area (TPSA) is 128 Å². The molecule has 0 unspecified atom stereocenters. The van der Waals surface area contributed by atoms with Crippen LogP contribution < -0.4 is 20.5 Å². The number of hydrogen-bond acceptors (Lipinski definition) is 6. The maximum absolute atomic E-state index is 12.6. The van der Waals surface area contributed by atoms with Crippen LogP contribution in [0.4, 0.5) is 5.69 Å². The molecular formula is C23H31N3O5S. The first-order valence-corrected chi connectivity index (χ1v) is 12.1. The van der Waals surface area contributed by atoms with Crippen LogP contribution in [0.15, 0.2) is 53.4 Å². The number of hydrogen-bond donors (Lipinski definition) is 3. The van der Waals surface area contributed by atoms with E-state index in [1.165, 1.54) is 18.2 Å². The second-order valence-electron chi connectivity index (χ2n) is 7.91. The van der Waals surface area contributed by atoms with Gasteiger partial charge in [0.05, 0.1) is 17.5 Å². The summed E-state index contributed by atoms with van der Waals surface area (Å²) < 4.78 is 32.7. The summed E-state index contributed by atoms with van der Waals surface area (Å²) in [4.78, 5) is 24.5. The highest BCUT2D eigenvalue weighted by atomic mass is 32.2. The molecule has 0 heterocycles. The van der Waals surface area contributed by atoms with Gasteiger partial charge >= 0.3 is 0 Å². The maximum atomic E-state index is 12.6. The molecule has 0 saturated heterocycles. The number of anilines is 1. The SMILES string of the molecule is CCCCOc1ccc(C(=O)Nc2cccc(S(=O)(=O)NC(=O)[C@@H](N)CC(C)C)c2)cc1. The lowest BCUT2D eigenvalue weighted by Gasteiger charge is -2.15. The highest BCUT2D eigenvalue weighted by Crippen LogP contribution is 2.18. The molecule has 174 valence electrons. The Morgan fingerprint density at radius 2 is 1.78 bits per heavy atom. The molecule has 0 fully saturated rings. The van der Waals surface area contributed by atoms with Crippen LogP contribution in [-0.4, -0.2) is 32.9 Å². The summed E-state index contributed by atoms with van der Waals surface area (Å²) in [6.07, 6.45) is 2.34. The molecule has 32 heavy (non-hydrogen) atoms. The van der Waals surface area contributed by atoms with Gasteiger partial charge in [-0.05, 0) is 61.2 Å². The number of rotatable bonds is 11. The fourth-order valence-electron chi connectivity index (χ4n) is 2.86. The third kappa shape index (κ3) is 7.65. The Morgan fingerprint density at radius 1 is 1.09 bits per heavy atom. The van der Waals surface area contributed by atoms with Gasteiger partial charge < -0.3 is 15.8 Å². The van der Waals surface area contributed by atoms with Crippen molar-refractivity contribution in [3.63, 3.8) is 0 Å². The monoisotopic (exact) mass is 461 g/mol. The zero-order valence-electron chi connectivity index (χ0n) is 18.6. The van der Waals surface area contributed by atoms with Gasteiger partial charge in [-0.15, -0.1) is 0 Å². The van der Waals surface area contributed by atoms with Crippen molar-refractivity contribution in [2.24, 2.45) is 11.7 Å². The summed E-state index contributed by atoms with van der Waals surface area (Å²) in [6.45, 7) is 6.47. The fourth-order valence-corrected chi connectivity index (χ4v) is 3.94. The fraction of sp³-hybridized carbons (Fsp3) is 0.391. The molecule has 2 rings (SSSR count). The van der Waals surface area contributed by atoms with Crippen LogP contribution in [0.5, 0.6) is 5.75 Å². The molecule has 0 bridgehead atoms. The van der Waals surface area contributed by atoms with Crippen molar-refractivity contribution in [1.29, 1.82) is 0 Å². The van der Waals surface area contributed by atoms with Gasteiger partial charge in [0.25, 0.3) is 21.8 Å². The van der Waals surface area contributed by atoms with Crippen molar-refractivity contribution in [3.8, 4) is 5.75 Å². The smallest absolute Gasteiger partial charge is 0.264 e. The lowest BCUT2D eigenvalue weighted by molar-refractivity contribution is -0.120. The molecule has 2 aromatic rings. The van der Waals surface area contributed by atoms with E-state index >= 15 is 0 Å². The molecule has 9 heteroatoms. The molecule has 0 spiro atoms. The second-order valence-corrected chi connectivity index (χ2v) is 9.60. The molecular weight excluding hydrogens is 430 g/mol. The van der Waals surface area contributed by atoms with Crippen molar-refractivity contribution >= 4 is 27.5 Å². The van der Waals surface area contributed by atoms with E-state index in [1.807, 2.05) is 18.6 Å². The lowest BCUT2D eigenvalue weighted by Crippen LogP contribution is -2.43. The number of carbonyl (C=O) groups excluding carboxylic acids is 2. The van der Waals surface area contributed by atoms with Crippen molar-refractivity contribution < 1.29 is 22.7 Å². The largest absolute Gasteiger partial charge is 0.494 e. The van der Waals surface area contributed by atoms with Crippen LogP contribution >= 0.6 is 0 Å². The molecule has 0 aliphatic heterocycles. The van der Waals surface area contributed by atoms with E-state index in [0.717, 1.165) is 12.8 Å². The third-order valence-corrected chi connectivity index (χ3v) is 5.93. The minimum absolute atomic E-state index is 0.147. The van der Waals surface area contributed by atoms with E-state index in [4.69, 9.17) is 10.5 Å². The van der Waals surface area contributed by atoms with Gasteiger partial charge in [-0.3, -0.25) is 9.59 Å². The number of sulfonamides is 1. The zero-order valence-corrected chi connectivity index (χ0v) is 19.4. The Bertz CT molecular complexity index is 1020. The van der Waals surface area contributed by atoms with Crippen molar-refractivity contribution in [3.05, 3.63) is 54.1 Å². The van der Waals surface area contributed by atoms with Crippen LogP contribution in [0.2, 0.25) is 0 Å². The minimum atomic E-state index is -4.13. The molecule has 8 nitrogen and oxygen atoms in total. The molecule has 0 aromatic heterocycles. The van der Waals surface area contributed by atoms with Gasteiger partial charge in [0.15, 0.2) is 0 Å². The summed E-state index contributed by atoms with van der Waals surface area (Å²) in [6, 6.07) is 11.4. The summed E-state index contributed by atoms with van der Waals surface area (Å²) in [7, 11) is -4.13. The van der Waals surface area contributed by atoms with Gasteiger partial charge in [0.1, 0.15) is 5.75 Å². The van der Waals surface area contributed by atoms with Crippen LogP contribution in [0.1, 0.15) is 50.4 Å². The van der Waals surface area contributed by atoms with E-state index in [-0.39, 0.29) is 16.5 Å². The molecule has 2 aromatic carbocycles. The van der Waals surface area contributed by atoms with E-state index in [9.17, 15) is 18.0 Å². The van der Waals surface area contributed by atoms with Crippen LogP contribution in [0.25, 0.3) is 0 Å². The number of ether oxygens (including phenoxy) is 1. The third-order valence-electron chi connectivity index (χ3n) is 4.58. The Morgan fingerprint density at radius 3 is 2.41 bits per heavy atom. The first-order valence-electron chi connectivity index (χ1n) is 10.6. The average molecular weight is 462 g/mol. The summed E-state index contributed by atoms with van der Waals surface area (Å²) >= 11 is 0. The van der Waals surface area contributed by atoms with E-state index < -0.39 is 27.9 Å². The summed E-state index contributed by atoms with van der Waals surface area (Å²) in [5, 5.41) is 2.66. The number of nitrogens with two attached hydrogens (primary N) is 1. The molecule has 2 amide bonds. The number of amides is 2. The standard InChI is InChI=1S/C23H31N3O5S/c1-4-5-13-31-19-11-9-17(10-12-19)22(27)25-18-7-6-8-20(15-18)32(29,30)26-23(28)21(24)14-16(2)3/h6-12,15-16,21H,4-5,13-14,24H2,1-3H3,(H,25,27)(H,26,28)/t21-/m0/s1. The number of carbonyl (C=O) groups is 2. The van der Waals surface area contributed by atoms with Crippen LogP contribution in [0.3, 0.4) is 0 Å². The van der Waals surface area contributed by atoms with E-state index in [1.54, 1.807) is 30.3 Å². The van der Waals surface area contributed by atoms with E-state index in [2.05, 4.69) is 12.2 Å². The molecule has 0 saturated carbocycles. The Balaban J connectivity index is 2.05. The molecule has 4 N–H and O–H groups in total. The van der Waals surface area contributed by atoms with Crippen molar-refractivity contribution in [2.75, 3.05) is 11.9 Å². The lowest BCUT2D eigenvalue weighted by atomic mass is 10.0. The van der Waals surface area contributed by atoms with Crippen molar-refractivity contribution in [1.82, 2.24) is 4.72 Å². The Labute approximate surface area is 189 Å². The van der Waals surface area contributed by atoms with Gasteiger partial charge in [0, 0.05) is 11.3 Å². The minimum Gasteiger partial charge on any atom is -0.494 e. The van der Waals surface area contributed by atoms with Gasteiger partial charge in [0.2, 0.25) is 0 Å². The number of unbranched alkanes of at least 4 members (excludes halogenated alkanes) is 1. The number of benzene rings is 2. The highest BCUT2D eigenvalue weighted by Gasteiger charge is 2.23. The molecule has 0 aliphatic rings. The Kier molecular flexibility index (Phi) is 9.22. The van der Waals surface area contributed by atoms with Gasteiger partial charge in [-0.2, -0.15) is 0 Å². The predicted octanol–water partition coefficient (Wildman–Crippen LogP) is 3.30. The Hall–Kier alpha value is -2.91. The average Bonchev–Trinajstić information content (AvgIpc) is 2.74. The quantitative estimate of drug-likeness (QED) is 0.441. The van der Waals surface area contributed by atoms with Gasteiger partial charge in [-0.1, -0.05) is 33.3 Å². The first kappa shape index (κ1) is 25.4. The maximum Gasteiger partial charge on any atom is 0.264 e. The first-order chi connectivity index (χ1) is 15.1. The summed E-state index contributed by atoms with van der Waals surface area (Å²) in [5.41, 5.74) is 6.44. The van der Waals surface area contributed by atoms with Gasteiger partial charge in [-0.25, -0.2) is 13.1 Å². The normalized spacial score (nSPS) is 12.3. The zero-order chi connectivity index (χ0) is 23.7. The van der Waals surface area contributed by atoms with Crippen LogP contribution in [-0.2, 0) is 14.8 Å². The van der Waals surface area contributed by atoms with Crippen molar-refractivity contribution in [2.45, 2.75) is 51.0 Å². The molecule has 1 atom stereocenters. The second kappa shape index (κ2) is 11.6. The van der Waals surface area contributed by atoms with Crippen LogP contribution in [0, 0.1) is 5.92 Å².